The second kappa shape index (κ2) is 5.49. The highest BCUT2D eigenvalue weighted by atomic mass is 19.1. The Morgan fingerprint density at radius 3 is 2.47 bits per heavy atom. The number of carboxylic acid groups (broad SMARTS) is 1. The standard InChI is InChI=1S/C11H13FO5/c1-16-7-5-3-4-6(10(7)17-2)9(13)8(12)11(14)15/h3-5,8-9,13H,1-2H3,(H,14,15). The first-order valence-corrected chi connectivity index (χ1v) is 4.78. The van der Waals surface area contributed by atoms with Crippen molar-refractivity contribution in [3.8, 4) is 11.5 Å². The zero-order valence-corrected chi connectivity index (χ0v) is 9.38. The number of ether oxygens (including phenoxy) is 2. The average molecular weight is 244 g/mol. The molecule has 0 aliphatic rings. The van der Waals surface area contributed by atoms with Gasteiger partial charge in [0.05, 0.1) is 14.2 Å². The summed E-state index contributed by atoms with van der Waals surface area (Å²) in [5, 5.41) is 18.1. The fourth-order valence-electron chi connectivity index (χ4n) is 1.44. The fourth-order valence-corrected chi connectivity index (χ4v) is 1.44. The Bertz CT molecular complexity index is 407. The third-order valence-electron chi connectivity index (χ3n) is 2.27. The second-order valence-electron chi connectivity index (χ2n) is 3.27. The van der Waals surface area contributed by atoms with Crippen molar-refractivity contribution >= 4 is 5.97 Å². The van der Waals surface area contributed by atoms with Crippen LogP contribution >= 0.6 is 0 Å². The number of alkyl halides is 1. The van der Waals surface area contributed by atoms with E-state index in [1.165, 1.54) is 26.4 Å². The summed E-state index contributed by atoms with van der Waals surface area (Å²) < 4.78 is 23.1. The van der Waals surface area contributed by atoms with Crippen LogP contribution in [0.1, 0.15) is 11.7 Å². The predicted molar refractivity (Wildman–Crippen MR) is 57.0 cm³/mol. The van der Waals surface area contributed by atoms with Crippen LogP contribution in [0.3, 0.4) is 0 Å². The van der Waals surface area contributed by atoms with E-state index in [4.69, 9.17) is 14.6 Å². The Balaban J connectivity index is 3.17. The summed E-state index contributed by atoms with van der Waals surface area (Å²) >= 11 is 0. The number of carboxylic acids is 1. The van der Waals surface area contributed by atoms with Gasteiger partial charge in [0.2, 0.25) is 6.17 Å². The number of benzene rings is 1. The molecule has 2 unspecified atom stereocenters. The number of methoxy groups -OCH3 is 2. The van der Waals surface area contributed by atoms with Crippen LogP contribution < -0.4 is 9.47 Å². The summed E-state index contributed by atoms with van der Waals surface area (Å²) in [4.78, 5) is 10.5. The maximum atomic E-state index is 13.2. The largest absolute Gasteiger partial charge is 0.493 e. The number of aliphatic hydroxyl groups is 1. The van der Waals surface area contributed by atoms with Gasteiger partial charge >= 0.3 is 5.97 Å². The first kappa shape index (κ1) is 13.2. The van der Waals surface area contributed by atoms with E-state index >= 15 is 0 Å². The monoisotopic (exact) mass is 244 g/mol. The Labute approximate surface area is 97.4 Å². The molecule has 2 atom stereocenters. The zero-order valence-electron chi connectivity index (χ0n) is 9.38. The van der Waals surface area contributed by atoms with Crippen LogP contribution in [0.4, 0.5) is 4.39 Å². The number of aliphatic carboxylic acids is 1. The van der Waals surface area contributed by atoms with Gasteiger partial charge in [-0.15, -0.1) is 0 Å². The molecule has 0 amide bonds. The minimum absolute atomic E-state index is 0.0294. The van der Waals surface area contributed by atoms with Crippen molar-refractivity contribution in [2.24, 2.45) is 0 Å². The lowest BCUT2D eigenvalue weighted by Crippen LogP contribution is -2.23. The normalized spacial score (nSPS) is 13.9. The molecule has 1 aromatic carbocycles. The molecular formula is C11H13FO5. The van der Waals surface area contributed by atoms with Gasteiger partial charge in [-0.25, -0.2) is 9.18 Å². The van der Waals surface area contributed by atoms with E-state index in [1.54, 1.807) is 6.07 Å². The highest BCUT2D eigenvalue weighted by Gasteiger charge is 2.30. The summed E-state index contributed by atoms with van der Waals surface area (Å²) in [5.74, 6) is -1.32. The molecule has 2 N–H and O–H groups in total. The molecule has 0 spiro atoms. The summed E-state index contributed by atoms with van der Waals surface area (Å²) in [7, 11) is 2.71. The molecule has 0 saturated carbocycles. The molecule has 0 aliphatic heterocycles. The van der Waals surface area contributed by atoms with Gasteiger partial charge in [0.15, 0.2) is 11.5 Å². The molecule has 1 rings (SSSR count). The van der Waals surface area contributed by atoms with Gasteiger partial charge in [-0.05, 0) is 6.07 Å². The average Bonchev–Trinajstić information content (AvgIpc) is 2.35. The van der Waals surface area contributed by atoms with Gasteiger partial charge in [-0.3, -0.25) is 0 Å². The van der Waals surface area contributed by atoms with Crippen LogP contribution in [0.5, 0.6) is 11.5 Å². The molecule has 0 saturated heterocycles. The first-order chi connectivity index (χ1) is 8.02. The van der Waals surface area contributed by atoms with Crippen molar-refractivity contribution in [3.63, 3.8) is 0 Å². The molecule has 17 heavy (non-hydrogen) atoms. The van der Waals surface area contributed by atoms with Crippen LogP contribution in [0.15, 0.2) is 18.2 Å². The number of para-hydroxylation sites is 1. The van der Waals surface area contributed by atoms with Gasteiger partial charge in [0.1, 0.15) is 6.10 Å². The SMILES string of the molecule is COc1cccc(C(O)C(F)C(=O)O)c1OC. The lowest BCUT2D eigenvalue weighted by molar-refractivity contribution is -0.147. The number of hydrogen-bond acceptors (Lipinski definition) is 4. The molecule has 94 valence electrons. The van der Waals surface area contributed by atoms with Gasteiger partial charge in [-0.1, -0.05) is 12.1 Å². The zero-order chi connectivity index (χ0) is 13.0. The molecule has 0 aliphatic carbocycles. The highest BCUT2D eigenvalue weighted by molar-refractivity contribution is 5.73. The van der Waals surface area contributed by atoms with E-state index in [0.717, 1.165) is 0 Å². The van der Waals surface area contributed by atoms with Gasteiger partial charge < -0.3 is 19.7 Å². The molecule has 0 aromatic heterocycles. The number of halogens is 1. The summed E-state index contributed by atoms with van der Waals surface area (Å²) in [6, 6.07) is 4.44. The van der Waals surface area contributed by atoms with Crippen molar-refractivity contribution in [2.75, 3.05) is 14.2 Å². The first-order valence-electron chi connectivity index (χ1n) is 4.78. The smallest absolute Gasteiger partial charge is 0.341 e. The van der Waals surface area contributed by atoms with E-state index in [-0.39, 0.29) is 11.3 Å². The topological polar surface area (TPSA) is 76.0 Å². The highest BCUT2D eigenvalue weighted by Crippen LogP contribution is 2.36. The van der Waals surface area contributed by atoms with Crippen LogP contribution in [0.2, 0.25) is 0 Å². The molecular weight excluding hydrogens is 231 g/mol. The number of hydrogen-bond donors (Lipinski definition) is 2. The Kier molecular flexibility index (Phi) is 4.28. The predicted octanol–water partition coefficient (Wildman–Crippen LogP) is 1.16. The van der Waals surface area contributed by atoms with Gasteiger partial charge in [0, 0.05) is 5.56 Å². The summed E-state index contributed by atoms with van der Waals surface area (Å²) in [5.41, 5.74) is 0.0294. The minimum Gasteiger partial charge on any atom is -0.493 e. The molecule has 5 nitrogen and oxygen atoms in total. The third kappa shape index (κ3) is 2.65. The van der Waals surface area contributed by atoms with Crippen molar-refractivity contribution in [1.29, 1.82) is 0 Å². The van der Waals surface area contributed by atoms with Crippen LogP contribution in [0.25, 0.3) is 0 Å². The number of carbonyl (C=O) groups is 1. The van der Waals surface area contributed by atoms with Crippen LogP contribution in [-0.4, -0.2) is 36.6 Å². The Morgan fingerprint density at radius 1 is 1.35 bits per heavy atom. The van der Waals surface area contributed by atoms with Crippen molar-refractivity contribution in [2.45, 2.75) is 12.3 Å². The van der Waals surface area contributed by atoms with E-state index < -0.39 is 18.2 Å². The van der Waals surface area contributed by atoms with E-state index in [2.05, 4.69) is 0 Å². The Morgan fingerprint density at radius 2 is 2.00 bits per heavy atom. The maximum absolute atomic E-state index is 13.2. The van der Waals surface area contributed by atoms with Crippen molar-refractivity contribution in [1.82, 2.24) is 0 Å². The molecule has 0 radical (unpaired) electrons. The van der Waals surface area contributed by atoms with Crippen LogP contribution in [-0.2, 0) is 4.79 Å². The molecule has 0 heterocycles. The van der Waals surface area contributed by atoms with E-state index in [0.29, 0.717) is 5.75 Å². The molecule has 0 bridgehead atoms. The lowest BCUT2D eigenvalue weighted by atomic mass is 10.0. The molecule has 0 fully saturated rings. The molecule has 1 aromatic rings. The minimum atomic E-state index is -2.42. The van der Waals surface area contributed by atoms with Crippen molar-refractivity contribution < 1.29 is 28.9 Å². The Hall–Kier alpha value is -1.82. The quantitative estimate of drug-likeness (QED) is 0.812. The lowest BCUT2D eigenvalue weighted by Gasteiger charge is -2.17. The maximum Gasteiger partial charge on any atom is 0.341 e. The van der Waals surface area contributed by atoms with Crippen molar-refractivity contribution in [3.05, 3.63) is 23.8 Å². The van der Waals surface area contributed by atoms with Gasteiger partial charge in [0.25, 0.3) is 0 Å². The number of rotatable bonds is 5. The summed E-state index contributed by atoms with van der Waals surface area (Å²) in [6.07, 6.45) is -4.23. The fraction of sp³-hybridized carbons (Fsp3) is 0.364. The van der Waals surface area contributed by atoms with E-state index in [1.807, 2.05) is 0 Å². The molecule has 6 heteroatoms. The van der Waals surface area contributed by atoms with Crippen LogP contribution in [0, 0.1) is 0 Å². The number of aliphatic hydroxyl groups excluding tert-OH is 1. The van der Waals surface area contributed by atoms with E-state index in [9.17, 15) is 14.3 Å². The third-order valence-corrected chi connectivity index (χ3v) is 2.27. The van der Waals surface area contributed by atoms with Gasteiger partial charge in [-0.2, -0.15) is 0 Å². The second-order valence-corrected chi connectivity index (χ2v) is 3.27. The summed E-state index contributed by atoms with van der Waals surface area (Å²) in [6.45, 7) is 0.